The first-order valence-corrected chi connectivity index (χ1v) is 9.81. The molecule has 1 aromatic heterocycles. The Morgan fingerprint density at radius 1 is 1.43 bits per heavy atom. The van der Waals surface area contributed by atoms with Gasteiger partial charge < -0.3 is 15.0 Å². The number of hydrogen-bond donors (Lipinski definition) is 1. The zero-order chi connectivity index (χ0) is 15.9. The summed E-state index contributed by atoms with van der Waals surface area (Å²) in [5, 5.41) is 7.73. The fraction of sp³-hybridized carbons (Fsp3) is 0.722. The molecule has 0 bridgehead atoms. The molecular weight excluding hydrogens is 308 g/mol. The molecule has 1 amide bonds. The van der Waals surface area contributed by atoms with Crippen LogP contribution in [0.15, 0.2) is 16.8 Å². The summed E-state index contributed by atoms with van der Waals surface area (Å²) in [6, 6.07) is 2.12. The number of morpholine rings is 1. The highest BCUT2D eigenvalue weighted by Crippen LogP contribution is 2.45. The molecule has 5 heteroatoms. The van der Waals surface area contributed by atoms with E-state index in [2.05, 4.69) is 34.0 Å². The second kappa shape index (κ2) is 6.19. The summed E-state index contributed by atoms with van der Waals surface area (Å²) in [4.78, 5) is 15.5. The fourth-order valence-electron chi connectivity index (χ4n) is 4.74. The Balaban J connectivity index is 1.55. The number of carbonyl (C=O) groups excluding carboxylic acids is 1. The van der Waals surface area contributed by atoms with Crippen molar-refractivity contribution in [1.29, 1.82) is 0 Å². The van der Waals surface area contributed by atoms with Crippen molar-refractivity contribution in [2.24, 2.45) is 11.3 Å². The molecule has 2 aliphatic heterocycles. The second-order valence-electron chi connectivity index (χ2n) is 7.43. The highest BCUT2D eigenvalue weighted by molar-refractivity contribution is 7.07. The van der Waals surface area contributed by atoms with E-state index in [1.54, 1.807) is 11.3 Å². The number of amides is 1. The normalized spacial score (nSPS) is 37.6. The summed E-state index contributed by atoms with van der Waals surface area (Å²) in [5.74, 6) is 0.907. The van der Waals surface area contributed by atoms with E-state index in [-0.39, 0.29) is 17.6 Å². The molecule has 1 aliphatic carbocycles. The zero-order valence-corrected chi connectivity index (χ0v) is 14.6. The van der Waals surface area contributed by atoms with Gasteiger partial charge in [-0.1, -0.05) is 12.8 Å². The van der Waals surface area contributed by atoms with Crippen LogP contribution in [0.4, 0.5) is 0 Å². The maximum absolute atomic E-state index is 13.5. The molecule has 1 aromatic rings. The van der Waals surface area contributed by atoms with E-state index in [9.17, 15) is 4.79 Å². The molecule has 3 heterocycles. The van der Waals surface area contributed by atoms with Gasteiger partial charge >= 0.3 is 0 Å². The molecule has 4 atom stereocenters. The van der Waals surface area contributed by atoms with Crippen molar-refractivity contribution in [2.45, 2.75) is 44.8 Å². The lowest BCUT2D eigenvalue weighted by Crippen LogP contribution is -2.54. The van der Waals surface area contributed by atoms with Gasteiger partial charge in [0.2, 0.25) is 5.91 Å². The lowest BCUT2D eigenvalue weighted by atomic mass is 9.67. The molecule has 1 saturated carbocycles. The van der Waals surface area contributed by atoms with Crippen LogP contribution in [0.25, 0.3) is 0 Å². The van der Waals surface area contributed by atoms with Gasteiger partial charge in [-0.2, -0.15) is 11.3 Å². The predicted molar refractivity (Wildman–Crippen MR) is 91.4 cm³/mol. The Morgan fingerprint density at radius 2 is 2.35 bits per heavy atom. The Kier molecular flexibility index (Phi) is 4.20. The SMILES string of the molecule is CC1CN(C(=O)[C@@]23CCCC[C@H]2CNC3)CC(c2ccsc2)O1. The van der Waals surface area contributed by atoms with Crippen molar-refractivity contribution >= 4 is 17.2 Å². The quantitative estimate of drug-likeness (QED) is 0.904. The van der Waals surface area contributed by atoms with Crippen molar-refractivity contribution in [1.82, 2.24) is 10.2 Å². The van der Waals surface area contributed by atoms with Gasteiger partial charge in [0, 0.05) is 13.1 Å². The average molecular weight is 334 g/mol. The molecule has 23 heavy (non-hydrogen) atoms. The van der Waals surface area contributed by atoms with Gasteiger partial charge in [-0.15, -0.1) is 0 Å². The van der Waals surface area contributed by atoms with Gasteiger partial charge in [0.05, 0.1) is 18.1 Å². The van der Waals surface area contributed by atoms with E-state index in [0.29, 0.717) is 18.4 Å². The summed E-state index contributed by atoms with van der Waals surface area (Å²) < 4.78 is 6.10. The van der Waals surface area contributed by atoms with Crippen LogP contribution in [-0.2, 0) is 9.53 Å². The van der Waals surface area contributed by atoms with Gasteiger partial charge in [-0.05, 0) is 54.6 Å². The van der Waals surface area contributed by atoms with Crippen LogP contribution in [0, 0.1) is 11.3 Å². The number of carbonyl (C=O) groups is 1. The summed E-state index contributed by atoms with van der Waals surface area (Å²) in [6.45, 7) is 5.40. The van der Waals surface area contributed by atoms with Crippen molar-refractivity contribution in [2.75, 3.05) is 26.2 Å². The number of fused-ring (bicyclic) bond motifs is 1. The number of hydrogen-bond acceptors (Lipinski definition) is 4. The summed E-state index contributed by atoms with van der Waals surface area (Å²) in [6.07, 6.45) is 4.85. The molecule has 3 aliphatic rings. The Labute approximate surface area is 142 Å². The van der Waals surface area contributed by atoms with Crippen LogP contribution >= 0.6 is 11.3 Å². The van der Waals surface area contributed by atoms with Crippen LogP contribution in [0.1, 0.15) is 44.3 Å². The lowest BCUT2D eigenvalue weighted by molar-refractivity contribution is -0.158. The smallest absolute Gasteiger partial charge is 0.230 e. The third-order valence-corrected chi connectivity index (χ3v) is 6.63. The average Bonchev–Trinajstić information content (AvgIpc) is 3.23. The standard InChI is InChI=1S/C18H26N2O2S/c1-13-9-20(10-16(22-13)14-5-7-23-11-14)17(21)18-6-3-2-4-15(18)8-19-12-18/h5,7,11,13,15-16,19H,2-4,6,8-10,12H2,1H3/t13?,15-,16?,18+/m0/s1. The van der Waals surface area contributed by atoms with Crippen LogP contribution in [0.2, 0.25) is 0 Å². The van der Waals surface area contributed by atoms with E-state index in [1.165, 1.54) is 24.8 Å². The van der Waals surface area contributed by atoms with Gasteiger partial charge in [0.15, 0.2) is 0 Å². The van der Waals surface area contributed by atoms with Gasteiger partial charge in [0.1, 0.15) is 6.10 Å². The number of rotatable bonds is 2. The summed E-state index contributed by atoms with van der Waals surface area (Å²) in [7, 11) is 0. The molecule has 2 unspecified atom stereocenters. The molecule has 0 spiro atoms. The fourth-order valence-corrected chi connectivity index (χ4v) is 5.44. The highest BCUT2D eigenvalue weighted by Gasteiger charge is 2.52. The Morgan fingerprint density at radius 3 is 3.17 bits per heavy atom. The lowest BCUT2D eigenvalue weighted by Gasteiger charge is -2.44. The van der Waals surface area contributed by atoms with Crippen molar-refractivity contribution in [3.8, 4) is 0 Å². The van der Waals surface area contributed by atoms with Crippen LogP contribution in [0.3, 0.4) is 0 Å². The van der Waals surface area contributed by atoms with Gasteiger partial charge in [-0.25, -0.2) is 0 Å². The molecule has 126 valence electrons. The van der Waals surface area contributed by atoms with Gasteiger partial charge in [-0.3, -0.25) is 4.79 Å². The Bertz CT molecular complexity index is 561. The van der Waals surface area contributed by atoms with Crippen molar-refractivity contribution in [3.05, 3.63) is 22.4 Å². The molecule has 0 radical (unpaired) electrons. The van der Waals surface area contributed by atoms with Crippen molar-refractivity contribution in [3.63, 3.8) is 0 Å². The molecule has 2 saturated heterocycles. The largest absolute Gasteiger partial charge is 0.367 e. The summed E-state index contributed by atoms with van der Waals surface area (Å²) >= 11 is 1.69. The molecule has 4 nitrogen and oxygen atoms in total. The number of thiophene rings is 1. The van der Waals surface area contributed by atoms with E-state index in [0.717, 1.165) is 26.1 Å². The maximum Gasteiger partial charge on any atom is 0.230 e. The van der Waals surface area contributed by atoms with Crippen LogP contribution < -0.4 is 5.32 Å². The number of nitrogens with zero attached hydrogens (tertiary/aromatic N) is 1. The van der Waals surface area contributed by atoms with Crippen LogP contribution in [-0.4, -0.2) is 43.1 Å². The topological polar surface area (TPSA) is 41.6 Å². The first-order chi connectivity index (χ1) is 11.2. The van der Waals surface area contributed by atoms with E-state index >= 15 is 0 Å². The van der Waals surface area contributed by atoms with E-state index in [1.807, 2.05) is 0 Å². The predicted octanol–water partition coefficient (Wildman–Crippen LogP) is 2.82. The Hall–Kier alpha value is -0.910. The minimum Gasteiger partial charge on any atom is -0.367 e. The molecule has 3 fully saturated rings. The maximum atomic E-state index is 13.5. The third kappa shape index (κ3) is 2.73. The monoisotopic (exact) mass is 334 g/mol. The minimum absolute atomic E-state index is 0.0294. The minimum atomic E-state index is -0.144. The first-order valence-electron chi connectivity index (χ1n) is 8.87. The van der Waals surface area contributed by atoms with Crippen LogP contribution in [0.5, 0.6) is 0 Å². The molecular formula is C18H26N2O2S. The van der Waals surface area contributed by atoms with E-state index in [4.69, 9.17) is 4.74 Å². The van der Waals surface area contributed by atoms with E-state index < -0.39 is 0 Å². The second-order valence-corrected chi connectivity index (χ2v) is 8.21. The zero-order valence-electron chi connectivity index (χ0n) is 13.8. The molecule has 1 N–H and O–H groups in total. The number of ether oxygens (including phenoxy) is 1. The number of nitrogens with one attached hydrogen (secondary N) is 1. The molecule has 0 aromatic carbocycles. The van der Waals surface area contributed by atoms with Gasteiger partial charge in [0.25, 0.3) is 0 Å². The highest BCUT2D eigenvalue weighted by atomic mass is 32.1. The molecule has 4 rings (SSSR count). The van der Waals surface area contributed by atoms with Crippen molar-refractivity contribution < 1.29 is 9.53 Å². The first kappa shape index (κ1) is 15.6. The summed E-state index contributed by atoms with van der Waals surface area (Å²) in [5.41, 5.74) is 1.07. The third-order valence-electron chi connectivity index (χ3n) is 5.93.